The van der Waals surface area contributed by atoms with Gasteiger partial charge in [0, 0.05) is 6.54 Å². The van der Waals surface area contributed by atoms with E-state index in [1.807, 2.05) is 12.1 Å². The molecule has 0 amide bonds. The zero-order chi connectivity index (χ0) is 13.0. The first kappa shape index (κ1) is 13.4. The molecule has 0 aliphatic heterocycles. The molecule has 1 aliphatic carbocycles. The molecule has 100 valence electrons. The molecule has 1 aliphatic rings. The van der Waals surface area contributed by atoms with Crippen molar-refractivity contribution >= 4 is 0 Å². The molecule has 0 aromatic heterocycles. The number of nitrogens with one attached hydrogen (secondary N) is 1. The fraction of sp³-hybridized carbons (Fsp3) is 0.625. The Morgan fingerprint density at radius 2 is 2.11 bits per heavy atom. The van der Waals surface area contributed by atoms with Crippen LogP contribution in [-0.4, -0.2) is 18.2 Å². The first-order chi connectivity index (χ1) is 8.60. The number of hydrogen-bond acceptors (Lipinski definition) is 2. The van der Waals surface area contributed by atoms with Crippen LogP contribution in [0.25, 0.3) is 0 Å². The van der Waals surface area contributed by atoms with Gasteiger partial charge in [0.05, 0.1) is 0 Å². The van der Waals surface area contributed by atoms with Gasteiger partial charge in [-0.1, -0.05) is 32.4 Å². The molecule has 18 heavy (non-hydrogen) atoms. The lowest BCUT2D eigenvalue weighted by molar-refractivity contribution is 0.129. The van der Waals surface area contributed by atoms with Gasteiger partial charge in [0.1, 0.15) is 5.75 Å². The Hall–Kier alpha value is -1.02. The molecule has 1 aromatic carbocycles. The molecule has 1 saturated carbocycles. The Kier molecular flexibility index (Phi) is 4.28. The third-order valence-electron chi connectivity index (χ3n) is 3.96. The normalized spacial score (nSPS) is 17.7. The van der Waals surface area contributed by atoms with Crippen molar-refractivity contribution in [3.05, 3.63) is 29.8 Å². The highest BCUT2D eigenvalue weighted by atomic mass is 16.3. The van der Waals surface area contributed by atoms with Gasteiger partial charge in [0.25, 0.3) is 0 Å². The maximum Gasteiger partial charge on any atom is 0.115 e. The summed E-state index contributed by atoms with van der Waals surface area (Å²) < 4.78 is 0. The van der Waals surface area contributed by atoms with Crippen molar-refractivity contribution in [2.75, 3.05) is 13.1 Å². The van der Waals surface area contributed by atoms with Crippen molar-refractivity contribution in [3.63, 3.8) is 0 Å². The van der Waals surface area contributed by atoms with Crippen molar-refractivity contribution in [1.82, 2.24) is 5.32 Å². The summed E-state index contributed by atoms with van der Waals surface area (Å²) in [4.78, 5) is 0. The molecule has 1 fully saturated rings. The second kappa shape index (κ2) is 5.75. The molecule has 0 heterocycles. The van der Waals surface area contributed by atoms with Crippen LogP contribution in [0.1, 0.15) is 38.7 Å². The number of phenolic OH excluding ortho intramolecular Hbond substituents is 1. The molecule has 0 atom stereocenters. The molecule has 2 rings (SSSR count). The largest absolute Gasteiger partial charge is 0.508 e. The highest BCUT2D eigenvalue weighted by Crippen LogP contribution is 2.43. The predicted octanol–water partition coefficient (Wildman–Crippen LogP) is 3.35. The van der Waals surface area contributed by atoms with Crippen molar-refractivity contribution in [1.29, 1.82) is 0 Å². The van der Waals surface area contributed by atoms with E-state index in [2.05, 4.69) is 25.2 Å². The lowest BCUT2D eigenvalue weighted by atomic mass is 9.65. The summed E-state index contributed by atoms with van der Waals surface area (Å²) in [6, 6.07) is 7.72. The molecule has 2 heteroatoms. The molecule has 0 saturated heterocycles. The van der Waals surface area contributed by atoms with Gasteiger partial charge >= 0.3 is 0 Å². The van der Waals surface area contributed by atoms with Crippen molar-refractivity contribution < 1.29 is 5.11 Å². The third kappa shape index (κ3) is 3.49. The zero-order valence-electron chi connectivity index (χ0n) is 11.6. The summed E-state index contributed by atoms with van der Waals surface area (Å²) in [5, 5.41) is 13.1. The van der Waals surface area contributed by atoms with Crippen LogP contribution in [0.3, 0.4) is 0 Å². The van der Waals surface area contributed by atoms with Gasteiger partial charge in [-0.3, -0.25) is 0 Å². The number of benzene rings is 1. The monoisotopic (exact) mass is 247 g/mol. The molecule has 0 bridgehead atoms. The van der Waals surface area contributed by atoms with Crippen molar-refractivity contribution in [2.45, 2.75) is 39.5 Å². The average Bonchev–Trinajstić information content (AvgIpc) is 2.25. The predicted molar refractivity (Wildman–Crippen MR) is 75.8 cm³/mol. The Balaban J connectivity index is 1.91. The van der Waals surface area contributed by atoms with E-state index in [9.17, 15) is 5.11 Å². The second-order valence-electron chi connectivity index (χ2n) is 6.22. The molecule has 2 nitrogen and oxygen atoms in total. The SMILES string of the molecule is CC(C)CNCC1(Cc2cccc(O)c2)CCC1. The lowest BCUT2D eigenvalue weighted by Gasteiger charge is -2.42. The van der Waals surface area contributed by atoms with Crippen LogP contribution in [0, 0.1) is 11.3 Å². The van der Waals surface area contributed by atoms with E-state index in [1.165, 1.54) is 24.8 Å². The van der Waals surface area contributed by atoms with E-state index < -0.39 is 0 Å². The van der Waals surface area contributed by atoms with E-state index in [0.29, 0.717) is 17.1 Å². The molecule has 0 unspecified atom stereocenters. The van der Waals surface area contributed by atoms with Gasteiger partial charge in [-0.25, -0.2) is 0 Å². The van der Waals surface area contributed by atoms with Gasteiger partial charge in [-0.15, -0.1) is 0 Å². The van der Waals surface area contributed by atoms with E-state index in [4.69, 9.17) is 0 Å². The van der Waals surface area contributed by atoms with Gasteiger partial charge in [0.15, 0.2) is 0 Å². The highest BCUT2D eigenvalue weighted by molar-refractivity contribution is 5.28. The molecule has 1 aromatic rings. The summed E-state index contributed by atoms with van der Waals surface area (Å²) in [7, 11) is 0. The Morgan fingerprint density at radius 1 is 1.33 bits per heavy atom. The first-order valence-electron chi connectivity index (χ1n) is 7.08. The van der Waals surface area contributed by atoms with Crippen LogP contribution >= 0.6 is 0 Å². The van der Waals surface area contributed by atoms with Gasteiger partial charge in [0.2, 0.25) is 0 Å². The van der Waals surface area contributed by atoms with Crippen LogP contribution in [0.2, 0.25) is 0 Å². The summed E-state index contributed by atoms with van der Waals surface area (Å²) in [5.74, 6) is 1.10. The summed E-state index contributed by atoms with van der Waals surface area (Å²) >= 11 is 0. The smallest absolute Gasteiger partial charge is 0.115 e. The fourth-order valence-corrected chi connectivity index (χ4v) is 2.82. The summed E-state index contributed by atoms with van der Waals surface area (Å²) in [5.41, 5.74) is 1.70. The average molecular weight is 247 g/mol. The summed E-state index contributed by atoms with van der Waals surface area (Å²) in [6.45, 7) is 6.70. The Bertz CT molecular complexity index is 382. The van der Waals surface area contributed by atoms with E-state index >= 15 is 0 Å². The molecule has 2 N–H and O–H groups in total. The molecular weight excluding hydrogens is 222 g/mol. The highest BCUT2D eigenvalue weighted by Gasteiger charge is 2.36. The first-order valence-corrected chi connectivity index (χ1v) is 7.08. The minimum absolute atomic E-state index is 0.386. The maximum absolute atomic E-state index is 9.53. The molecule has 0 spiro atoms. The van der Waals surface area contributed by atoms with Crippen molar-refractivity contribution in [2.24, 2.45) is 11.3 Å². The van der Waals surface area contributed by atoms with Crippen molar-refractivity contribution in [3.8, 4) is 5.75 Å². The van der Waals surface area contributed by atoms with Crippen LogP contribution in [0.15, 0.2) is 24.3 Å². The second-order valence-corrected chi connectivity index (χ2v) is 6.22. The van der Waals surface area contributed by atoms with Crippen LogP contribution in [0.5, 0.6) is 5.75 Å². The third-order valence-corrected chi connectivity index (χ3v) is 3.96. The number of phenols is 1. The van der Waals surface area contributed by atoms with E-state index in [1.54, 1.807) is 6.07 Å². The number of hydrogen-bond donors (Lipinski definition) is 2. The number of rotatable bonds is 6. The molecular formula is C16H25NO. The topological polar surface area (TPSA) is 32.3 Å². The summed E-state index contributed by atoms with van der Waals surface area (Å²) in [6.07, 6.45) is 5.07. The zero-order valence-corrected chi connectivity index (χ0v) is 11.6. The fourth-order valence-electron chi connectivity index (χ4n) is 2.82. The number of aromatic hydroxyl groups is 1. The maximum atomic E-state index is 9.53. The van der Waals surface area contributed by atoms with E-state index in [0.717, 1.165) is 19.5 Å². The quantitative estimate of drug-likeness (QED) is 0.808. The van der Waals surface area contributed by atoms with Crippen LogP contribution < -0.4 is 5.32 Å². The van der Waals surface area contributed by atoms with Gasteiger partial charge in [-0.2, -0.15) is 0 Å². The van der Waals surface area contributed by atoms with E-state index in [-0.39, 0.29) is 0 Å². The minimum Gasteiger partial charge on any atom is -0.508 e. The van der Waals surface area contributed by atoms with Gasteiger partial charge < -0.3 is 10.4 Å². The standard InChI is InChI=1S/C16H25NO/c1-13(2)11-17-12-16(7-4-8-16)10-14-5-3-6-15(18)9-14/h3,5-6,9,13,17-18H,4,7-8,10-12H2,1-2H3. The Morgan fingerprint density at radius 3 is 2.67 bits per heavy atom. The lowest BCUT2D eigenvalue weighted by Crippen LogP contribution is -2.42. The van der Waals surface area contributed by atoms with Crippen LogP contribution in [-0.2, 0) is 6.42 Å². The van der Waals surface area contributed by atoms with Crippen LogP contribution in [0.4, 0.5) is 0 Å². The van der Waals surface area contributed by atoms with Gasteiger partial charge in [-0.05, 0) is 54.8 Å². The minimum atomic E-state index is 0.386. The Labute approximate surface area is 110 Å². The molecule has 0 radical (unpaired) electrons.